The van der Waals surface area contributed by atoms with E-state index in [-0.39, 0.29) is 0 Å². The van der Waals surface area contributed by atoms with E-state index < -0.39 is 0 Å². The SMILES string of the molecule is CCn1nc(-c2ccc(-c3ccccc3)cc2)c2c1NCC2. The zero-order chi connectivity index (χ0) is 14.9. The first kappa shape index (κ1) is 13.1. The number of anilines is 1. The highest BCUT2D eigenvalue weighted by Gasteiger charge is 2.22. The number of hydrogen-bond donors (Lipinski definition) is 1. The Morgan fingerprint density at radius 2 is 1.64 bits per heavy atom. The highest BCUT2D eigenvalue weighted by molar-refractivity contribution is 5.74. The molecule has 4 rings (SSSR count). The molecule has 2 heterocycles. The molecule has 22 heavy (non-hydrogen) atoms. The van der Waals surface area contributed by atoms with Crippen LogP contribution in [0.1, 0.15) is 12.5 Å². The molecule has 1 N–H and O–H groups in total. The molecule has 110 valence electrons. The molecule has 0 saturated heterocycles. The quantitative estimate of drug-likeness (QED) is 0.783. The summed E-state index contributed by atoms with van der Waals surface area (Å²) in [6.07, 6.45) is 1.06. The average molecular weight is 289 g/mol. The second kappa shape index (κ2) is 5.34. The maximum absolute atomic E-state index is 4.78. The Labute approximate surface area is 130 Å². The van der Waals surface area contributed by atoms with Crippen molar-refractivity contribution in [3.63, 3.8) is 0 Å². The van der Waals surface area contributed by atoms with E-state index in [0.717, 1.165) is 25.2 Å². The first-order chi connectivity index (χ1) is 10.9. The van der Waals surface area contributed by atoms with Crippen molar-refractivity contribution in [1.82, 2.24) is 9.78 Å². The number of hydrogen-bond acceptors (Lipinski definition) is 2. The van der Waals surface area contributed by atoms with Crippen LogP contribution in [-0.2, 0) is 13.0 Å². The standard InChI is InChI=1S/C19H19N3/c1-2-22-19-17(12-13-20-19)18(21-22)16-10-8-15(9-11-16)14-6-4-3-5-7-14/h3-11,20H,2,12-13H2,1H3. The van der Waals surface area contributed by atoms with Crippen LogP contribution in [0.3, 0.4) is 0 Å². The molecule has 1 aromatic heterocycles. The number of aromatic nitrogens is 2. The van der Waals surface area contributed by atoms with Crippen molar-refractivity contribution in [2.45, 2.75) is 19.9 Å². The summed E-state index contributed by atoms with van der Waals surface area (Å²) in [6, 6.07) is 19.2. The van der Waals surface area contributed by atoms with Crippen molar-refractivity contribution in [3.05, 3.63) is 60.2 Å². The van der Waals surface area contributed by atoms with E-state index in [0.29, 0.717) is 0 Å². The summed E-state index contributed by atoms with van der Waals surface area (Å²) in [6.45, 7) is 4.05. The maximum atomic E-state index is 4.78. The minimum atomic E-state index is 0.900. The molecule has 0 atom stereocenters. The smallest absolute Gasteiger partial charge is 0.128 e. The summed E-state index contributed by atoms with van der Waals surface area (Å²) in [4.78, 5) is 0. The van der Waals surface area contributed by atoms with Crippen LogP contribution in [0.15, 0.2) is 54.6 Å². The van der Waals surface area contributed by atoms with Crippen molar-refractivity contribution in [2.75, 3.05) is 11.9 Å². The lowest BCUT2D eigenvalue weighted by Crippen LogP contribution is -2.04. The van der Waals surface area contributed by atoms with Gasteiger partial charge in [0.1, 0.15) is 5.82 Å². The van der Waals surface area contributed by atoms with Crippen LogP contribution in [0.25, 0.3) is 22.4 Å². The first-order valence-electron chi connectivity index (χ1n) is 7.86. The number of rotatable bonds is 3. The van der Waals surface area contributed by atoms with Gasteiger partial charge in [-0.3, -0.25) is 0 Å². The van der Waals surface area contributed by atoms with Crippen molar-refractivity contribution >= 4 is 5.82 Å². The molecule has 3 aromatic rings. The number of aryl methyl sites for hydroxylation is 1. The van der Waals surface area contributed by atoms with Gasteiger partial charge in [0.05, 0.1) is 5.69 Å². The van der Waals surface area contributed by atoms with Crippen molar-refractivity contribution in [2.24, 2.45) is 0 Å². The normalized spacial score (nSPS) is 13.0. The van der Waals surface area contributed by atoms with E-state index in [1.165, 1.54) is 28.1 Å². The number of benzene rings is 2. The molecule has 0 amide bonds. The van der Waals surface area contributed by atoms with Gasteiger partial charge in [-0.25, -0.2) is 4.68 Å². The number of fused-ring (bicyclic) bond motifs is 1. The summed E-state index contributed by atoms with van der Waals surface area (Å²) >= 11 is 0. The summed E-state index contributed by atoms with van der Waals surface area (Å²) in [5.41, 5.74) is 6.18. The van der Waals surface area contributed by atoms with E-state index in [1.54, 1.807) is 0 Å². The fourth-order valence-corrected chi connectivity index (χ4v) is 3.15. The molecule has 0 radical (unpaired) electrons. The van der Waals surface area contributed by atoms with Gasteiger partial charge in [-0.2, -0.15) is 5.10 Å². The second-order valence-electron chi connectivity index (χ2n) is 5.61. The Kier molecular flexibility index (Phi) is 3.19. The van der Waals surface area contributed by atoms with Gasteiger partial charge in [0, 0.05) is 24.2 Å². The lowest BCUT2D eigenvalue weighted by atomic mass is 10.0. The van der Waals surface area contributed by atoms with E-state index >= 15 is 0 Å². The van der Waals surface area contributed by atoms with Crippen LogP contribution in [0.2, 0.25) is 0 Å². The summed E-state index contributed by atoms with van der Waals surface area (Å²) < 4.78 is 2.07. The van der Waals surface area contributed by atoms with E-state index in [1.807, 2.05) is 6.07 Å². The van der Waals surface area contributed by atoms with E-state index in [2.05, 4.69) is 65.5 Å². The maximum Gasteiger partial charge on any atom is 0.128 e. The number of nitrogens with one attached hydrogen (secondary N) is 1. The molecule has 0 spiro atoms. The lowest BCUT2D eigenvalue weighted by Gasteiger charge is -2.04. The minimum absolute atomic E-state index is 0.900. The van der Waals surface area contributed by atoms with Crippen molar-refractivity contribution in [3.8, 4) is 22.4 Å². The van der Waals surface area contributed by atoms with Crippen LogP contribution in [0.4, 0.5) is 5.82 Å². The summed E-state index contributed by atoms with van der Waals surface area (Å²) in [5, 5.41) is 8.22. The van der Waals surface area contributed by atoms with Gasteiger partial charge in [0.2, 0.25) is 0 Å². The topological polar surface area (TPSA) is 29.9 Å². The molecular weight excluding hydrogens is 270 g/mol. The molecule has 0 saturated carbocycles. The predicted octanol–water partition coefficient (Wildman–Crippen LogP) is 4.21. The van der Waals surface area contributed by atoms with E-state index in [4.69, 9.17) is 5.10 Å². The van der Waals surface area contributed by atoms with Crippen LogP contribution < -0.4 is 5.32 Å². The highest BCUT2D eigenvalue weighted by Crippen LogP contribution is 2.33. The molecule has 2 aromatic carbocycles. The molecule has 0 bridgehead atoms. The molecule has 0 fully saturated rings. The Morgan fingerprint density at radius 3 is 2.36 bits per heavy atom. The largest absolute Gasteiger partial charge is 0.370 e. The molecule has 1 aliphatic rings. The molecule has 3 nitrogen and oxygen atoms in total. The van der Waals surface area contributed by atoms with Gasteiger partial charge in [-0.05, 0) is 24.5 Å². The Balaban J connectivity index is 1.73. The highest BCUT2D eigenvalue weighted by atomic mass is 15.3. The van der Waals surface area contributed by atoms with Crippen LogP contribution in [0, 0.1) is 0 Å². The van der Waals surface area contributed by atoms with E-state index in [9.17, 15) is 0 Å². The zero-order valence-electron chi connectivity index (χ0n) is 12.7. The molecule has 1 aliphatic heterocycles. The first-order valence-corrected chi connectivity index (χ1v) is 7.86. The second-order valence-corrected chi connectivity index (χ2v) is 5.61. The molecule has 0 aliphatic carbocycles. The monoisotopic (exact) mass is 289 g/mol. The lowest BCUT2D eigenvalue weighted by molar-refractivity contribution is 0.668. The minimum Gasteiger partial charge on any atom is -0.370 e. The fraction of sp³-hybridized carbons (Fsp3) is 0.211. The summed E-state index contributed by atoms with van der Waals surface area (Å²) in [5.74, 6) is 1.20. The molecule has 3 heteroatoms. The van der Waals surface area contributed by atoms with Crippen LogP contribution in [0.5, 0.6) is 0 Å². The van der Waals surface area contributed by atoms with Crippen molar-refractivity contribution < 1.29 is 0 Å². The predicted molar refractivity (Wildman–Crippen MR) is 91.0 cm³/mol. The third-order valence-electron chi connectivity index (χ3n) is 4.28. The Morgan fingerprint density at radius 1 is 0.955 bits per heavy atom. The van der Waals surface area contributed by atoms with Gasteiger partial charge >= 0.3 is 0 Å². The third kappa shape index (κ3) is 2.10. The van der Waals surface area contributed by atoms with Gasteiger partial charge in [0.25, 0.3) is 0 Å². The van der Waals surface area contributed by atoms with Crippen LogP contribution in [-0.4, -0.2) is 16.3 Å². The fourth-order valence-electron chi connectivity index (χ4n) is 3.15. The van der Waals surface area contributed by atoms with Gasteiger partial charge in [0.15, 0.2) is 0 Å². The Hall–Kier alpha value is -2.55. The number of nitrogens with zero attached hydrogens (tertiary/aromatic N) is 2. The van der Waals surface area contributed by atoms with Gasteiger partial charge < -0.3 is 5.32 Å². The Bertz CT molecular complexity index is 786. The summed E-state index contributed by atoms with van der Waals surface area (Å²) in [7, 11) is 0. The van der Waals surface area contributed by atoms with Crippen molar-refractivity contribution in [1.29, 1.82) is 0 Å². The molecule has 0 unspecified atom stereocenters. The van der Waals surface area contributed by atoms with Gasteiger partial charge in [-0.15, -0.1) is 0 Å². The van der Waals surface area contributed by atoms with Gasteiger partial charge in [-0.1, -0.05) is 54.6 Å². The van der Waals surface area contributed by atoms with Crippen LogP contribution >= 0.6 is 0 Å². The average Bonchev–Trinajstić information content (AvgIpc) is 3.18. The third-order valence-corrected chi connectivity index (χ3v) is 4.28. The molecular formula is C19H19N3. The zero-order valence-corrected chi connectivity index (χ0v) is 12.7.